The third-order valence-corrected chi connectivity index (χ3v) is 6.00. The summed E-state index contributed by atoms with van der Waals surface area (Å²) in [6, 6.07) is 19.6. The lowest BCUT2D eigenvalue weighted by atomic mass is 9.82. The average molecular weight is 480 g/mol. The number of hydroxylamine groups is 1. The molecule has 2 aromatic rings. The summed E-state index contributed by atoms with van der Waals surface area (Å²) in [5.41, 5.74) is 10.5. The highest BCUT2D eigenvalue weighted by Gasteiger charge is 2.33. The van der Waals surface area contributed by atoms with Gasteiger partial charge >= 0.3 is 0 Å². The van der Waals surface area contributed by atoms with Gasteiger partial charge in [-0.15, -0.1) is 0 Å². The van der Waals surface area contributed by atoms with Crippen LogP contribution in [0.4, 0.5) is 0 Å². The van der Waals surface area contributed by atoms with Crippen molar-refractivity contribution in [3.05, 3.63) is 77.9 Å². The smallest absolute Gasteiger partial charge is 0.247 e. The van der Waals surface area contributed by atoms with Crippen molar-refractivity contribution in [2.75, 3.05) is 6.54 Å². The van der Waals surface area contributed by atoms with Crippen LogP contribution in [0.25, 0.3) is 6.08 Å². The molecule has 0 aliphatic rings. The normalized spacial score (nSPS) is 14.0. The molecule has 190 valence electrons. The fraction of sp³-hybridized carbons (Fsp3) is 0.448. The first kappa shape index (κ1) is 28.3. The first-order valence-electron chi connectivity index (χ1n) is 12.6. The number of carbonyl (C=O) groups excluding carboxylic acids is 2. The zero-order chi connectivity index (χ0) is 25.5. The van der Waals surface area contributed by atoms with Gasteiger partial charge in [-0.25, -0.2) is 10.9 Å². The second kappa shape index (κ2) is 15.8. The summed E-state index contributed by atoms with van der Waals surface area (Å²) >= 11 is 0. The van der Waals surface area contributed by atoms with Gasteiger partial charge in [0, 0.05) is 6.54 Å². The van der Waals surface area contributed by atoms with Crippen LogP contribution in [0.1, 0.15) is 58.1 Å². The standard InChI is InChI=1S/C29H41N3O3/c1-5-23(4)20-30-31-28(33)27(19-22(2)3)26(18-12-17-24-13-8-6-9-14-24)29(34)32-35-21-25-15-10-7-11-16-25/h6-17,22-23,26-27,30H,5,18-21H2,1-4H3,(H,31,33)(H,32,34)/t23-,26-,27+/m0/s1. The maximum absolute atomic E-state index is 13.3. The molecule has 0 fully saturated rings. The van der Waals surface area contributed by atoms with Gasteiger partial charge in [0.1, 0.15) is 0 Å². The number of hydrazine groups is 1. The Hall–Kier alpha value is -2.96. The molecule has 0 radical (unpaired) electrons. The lowest BCUT2D eigenvalue weighted by molar-refractivity contribution is -0.145. The van der Waals surface area contributed by atoms with Gasteiger partial charge in [0.25, 0.3) is 0 Å². The van der Waals surface area contributed by atoms with E-state index in [1.807, 2.05) is 72.8 Å². The van der Waals surface area contributed by atoms with E-state index >= 15 is 0 Å². The summed E-state index contributed by atoms with van der Waals surface area (Å²) in [5, 5.41) is 0. The zero-order valence-electron chi connectivity index (χ0n) is 21.5. The van der Waals surface area contributed by atoms with Gasteiger partial charge in [0.05, 0.1) is 18.4 Å². The first-order chi connectivity index (χ1) is 16.9. The Morgan fingerprint density at radius 3 is 2.20 bits per heavy atom. The Kier molecular flexibility index (Phi) is 12.8. The molecular weight excluding hydrogens is 438 g/mol. The molecule has 6 heteroatoms. The fourth-order valence-electron chi connectivity index (χ4n) is 3.72. The minimum atomic E-state index is -0.571. The summed E-state index contributed by atoms with van der Waals surface area (Å²) in [4.78, 5) is 32.0. The van der Waals surface area contributed by atoms with Crippen LogP contribution in [0.2, 0.25) is 0 Å². The molecule has 0 aromatic heterocycles. The van der Waals surface area contributed by atoms with Crippen LogP contribution >= 0.6 is 0 Å². The van der Waals surface area contributed by atoms with E-state index in [1.54, 1.807) is 0 Å². The Labute approximate surface area is 210 Å². The van der Waals surface area contributed by atoms with Gasteiger partial charge in [-0.3, -0.25) is 19.9 Å². The topological polar surface area (TPSA) is 79.5 Å². The van der Waals surface area contributed by atoms with Crippen molar-refractivity contribution in [3.63, 3.8) is 0 Å². The maximum Gasteiger partial charge on any atom is 0.247 e. The Morgan fingerprint density at radius 1 is 0.914 bits per heavy atom. The number of carbonyl (C=O) groups is 2. The minimum absolute atomic E-state index is 0.168. The molecule has 0 saturated carbocycles. The highest BCUT2D eigenvalue weighted by atomic mass is 16.6. The second-order valence-corrected chi connectivity index (χ2v) is 9.52. The van der Waals surface area contributed by atoms with E-state index in [9.17, 15) is 9.59 Å². The van der Waals surface area contributed by atoms with Gasteiger partial charge < -0.3 is 0 Å². The molecule has 0 aliphatic carbocycles. The number of allylic oxidation sites excluding steroid dienone is 1. The molecule has 2 amide bonds. The maximum atomic E-state index is 13.3. The molecule has 0 spiro atoms. The summed E-state index contributed by atoms with van der Waals surface area (Å²) in [6.07, 6.45) is 5.98. The van der Waals surface area contributed by atoms with E-state index in [0.29, 0.717) is 25.3 Å². The molecule has 35 heavy (non-hydrogen) atoms. The van der Waals surface area contributed by atoms with E-state index in [-0.39, 0.29) is 24.3 Å². The fourth-order valence-corrected chi connectivity index (χ4v) is 3.72. The molecule has 0 saturated heterocycles. The molecule has 0 unspecified atom stereocenters. The van der Waals surface area contributed by atoms with E-state index in [2.05, 4.69) is 44.0 Å². The van der Waals surface area contributed by atoms with Crippen LogP contribution in [0.5, 0.6) is 0 Å². The highest BCUT2D eigenvalue weighted by Crippen LogP contribution is 2.25. The summed E-state index contributed by atoms with van der Waals surface area (Å²) in [5.74, 6) is -0.837. The van der Waals surface area contributed by atoms with Gasteiger partial charge in [-0.05, 0) is 35.8 Å². The van der Waals surface area contributed by atoms with Crippen LogP contribution in [-0.4, -0.2) is 18.4 Å². The molecule has 3 atom stereocenters. The quantitative estimate of drug-likeness (QED) is 0.304. The summed E-state index contributed by atoms with van der Waals surface area (Å²) in [6.45, 7) is 9.31. The number of benzene rings is 2. The molecule has 0 aliphatic heterocycles. The minimum Gasteiger partial charge on any atom is -0.291 e. The Balaban J connectivity index is 2.13. The van der Waals surface area contributed by atoms with E-state index in [1.165, 1.54) is 0 Å². The van der Waals surface area contributed by atoms with E-state index < -0.39 is 11.8 Å². The van der Waals surface area contributed by atoms with Crippen LogP contribution in [0.3, 0.4) is 0 Å². The van der Waals surface area contributed by atoms with Crippen molar-refractivity contribution in [2.45, 2.75) is 53.6 Å². The van der Waals surface area contributed by atoms with Crippen LogP contribution in [0.15, 0.2) is 66.7 Å². The largest absolute Gasteiger partial charge is 0.291 e. The monoisotopic (exact) mass is 479 g/mol. The van der Waals surface area contributed by atoms with Gasteiger partial charge in [-0.1, -0.05) is 107 Å². The lowest BCUT2D eigenvalue weighted by Crippen LogP contribution is -2.48. The molecule has 2 aromatic carbocycles. The number of hydrogen-bond acceptors (Lipinski definition) is 4. The van der Waals surface area contributed by atoms with E-state index in [4.69, 9.17) is 4.84 Å². The lowest BCUT2D eigenvalue weighted by Gasteiger charge is -2.26. The van der Waals surface area contributed by atoms with Gasteiger partial charge in [0.2, 0.25) is 11.8 Å². The van der Waals surface area contributed by atoms with Crippen molar-refractivity contribution in [1.82, 2.24) is 16.3 Å². The molecule has 3 N–H and O–H groups in total. The van der Waals surface area contributed by atoms with Crippen molar-refractivity contribution in [1.29, 1.82) is 0 Å². The predicted molar refractivity (Wildman–Crippen MR) is 142 cm³/mol. The third-order valence-electron chi connectivity index (χ3n) is 6.00. The summed E-state index contributed by atoms with van der Waals surface area (Å²) < 4.78 is 0. The van der Waals surface area contributed by atoms with Crippen molar-refractivity contribution in [2.24, 2.45) is 23.7 Å². The average Bonchev–Trinajstić information content (AvgIpc) is 2.86. The predicted octanol–water partition coefficient (Wildman–Crippen LogP) is 5.28. The van der Waals surface area contributed by atoms with Gasteiger partial charge in [0.15, 0.2) is 0 Å². The highest BCUT2D eigenvalue weighted by molar-refractivity contribution is 5.87. The second-order valence-electron chi connectivity index (χ2n) is 9.52. The first-order valence-corrected chi connectivity index (χ1v) is 12.6. The molecule has 0 bridgehead atoms. The van der Waals surface area contributed by atoms with Crippen LogP contribution in [0, 0.1) is 23.7 Å². The molecule has 6 nitrogen and oxygen atoms in total. The Morgan fingerprint density at radius 2 is 1.57 bits per heavy atom. The molecular formula is C29H41N3O3. The number of nitrogens with one attached hydrogen (secondary N) is 3. The number of rotatable bonds is 15. The van der Waals surface area contributed by atoms with Crippen molar-refractivity contribution < 1.29 is 14.4 Å². The Bertz CT molecular complexity index is 900. The summed E-state index contributed by atoms with van der Waals surface area (Å²) in [7, 11) is 0. The van der Waals surface area contributed by atoms with E-state index in [0.717, 1.165) is 17.5 Å². The van der Waals surface area contributed by atoms with Gasteiger partial charge in [-0.2, -0.15) is 0 Å². The number of hydrogen-bond donors (Lipinski definition) is 3. The number of amides is 2. The van der Waals surface area contributed by atoms with Crippen LogP contribution < -0.4 is 16.3 Å². The zero-order valence-corrected chi connectivity index (χ0v) is 21.5. The molecule has 0 heterocycles. The van der Waals surface area contributed by atoms with Crippen molar-refractivity contribution in [3.8, 4) is 0 Å². The van der Waals surface area contributed by atoms with Crippen LogP contribution in [-0.2, 0) is 21.0 Å². The van der Waals surface area contributed by atoms with Crippen molar-refractivity contribution >= 4 is 17.9 Å². The third kappa shape index (κ3) is 10.9. The SMILES string of the molecule is CC[C@H](C)CNNC(=O)[C@H](CC(C)C)[C@H](CC=Cc1ccccc1)C(=O)NOCc1ccccc1. The molecule has 2 rings (SSSR count).